The molecule has 2 aromatic carbocycles. The Hall–Kier alpha value is -3.21. The number of carbonyl (C=O) groups excluding carboxylic acids is 1. The summed E-state index contributed by atoms with van der Waals surface area (Å²) in [6.07, 6.45) is 2.84. The highest BCUT2D eigenvalue weighted by Gasteiger charge is 2.15. The summed E-state index contributed by atoms with van der Waals surface area (Å²) in [5.41, 5.74) is 2.47. The SMILES string of the molecule is COc1cc2c(cc1NC(=O)c1ccoc1)oc1ccccc12. The summed E-state index contributed by atoms with van der Waals surface area (Å²) in [5, 5.41) is 4.77. The molecule has 0 aliphatic carbocycles. The van der Waals surface area contributed by atoms with Crippen LogP contribution in [-0.4, -0.2) is 13.0 Å². The van der Waals surface area contributed by atoms with Crippen LogP contribution in [0.5, 0.6) is 5.75 Å². The van der Waals surface area contributed by atoms with Gasteiger partial charge in [-0.3, -0.25) is 4.79 Å². The summed E-state index contributed by atoms with van der Waals surface area (Å²) in [4.78, 5) is 12.2. The first-order chi connectivity index (χ1) is 11.3. The second-order valence-corrected chi connectivity index (χ2v) is 5.11. The van der Waals surface area contributed by atoms with Crippen molar-refractivity contribution in [2.45, 2.75) is 0 Å². The van der Waals surface area contributed by atoms with Gasteiger partial charge in [0.2, 0.25) is 0 Å². The summed E-state index contributed by atoms with van der Waals surface area (Å²) >= 11 is 0. The Labute approximate surface area is 131 Å². The maximum Gasteiger partial charge on any atom is 0.259 e. The molecular formula is C18H13NO4. The third-order valence-corrected chi connectivity index (χ3v) is 3.73. The number of hydrogen-bond donors (Lipinski definition) is 1. The van der Waals surface area contributed by atoms with Gasteiger partial charge in [0.25, 0.3) is 5.91 Å². The summed E-state index contributed by atoms with van der Waals surface area (Å²) in [6.45, 7) is 0. The van der Waals surface area contributed by atoms with Crippen LogP contribution in [0, 0.1) is 0 Å². The van der Waals surface area contributed by atoms with E-state index >= 15 is 0 Å². The van der Waals surface area contributed by atoms with Crippen molar-refractivity contribution in [1.29, 1.82) is 0 Å². The monoisotopic (exact) mass is 307 g/mol. The van der Waals surface area contributed by atoms with Crippen LogP contribution in [0.15, 0.2) is 63.8 Å². The Morgan fingerprint density at radius 1 is 1.09 bits per heavy atom. The molecule has 5 nitrogen and oxygen atoms in total. The number of carbonyl (C=O) groups is 1. The Bertz CT molecular complexity index is 999. The molecule has 114 valence electrons. The van der Waals surface area contributed by atoms with Gasteiger partial charge in [0.1, 0.15) is 23.2 Å². The minimum atomic E-state index is -0.271. The number of benzene rings is 2. The van der Waals surface area contributed by atoms with E-state index < -0.39 is 0 Å². The Balaban J connectivity index is 1.82. The largest absolute Gasteiger partial charge is 0.495 e. The molecule has 0 unspecified atom stereocenters. The predicted molar refractivity (Wildman–Crippen MR) is 86.9 cm³/mol. The van der Waals surface area contributed by atoms with Gasteiger partial charge in [0.15, 0.2) is 0 Å². The van der Waals surface area contributed by atoms with E-state index in [2.05, 4.69) is 5.32 Å². The first kappa shape index (κ1) is 13.5. The van der Waals surface area contributed by atoms with Crippen LogP contribution < -0.4 is 10.1 Å². The smallest absolute Gasteiger partial charge is 0.259 e. The highest BCUT2D eigenvalue weighted by Crippen LogP contribution is 2.36. The van der Waals surface area contributed by atoms with Crippen molar-refractivity contribution in [1.82, 2.24) is 0 Å². The number of methoxy groups -OCH3 is 1. The molecule has 4 aromatic rings. The lowest BCUT2D eigenvalue weighted by atomic mass is 10.1. The van der Waals surface area contributed by atoms with E-state index in [0.29, 0.717) is 22.6 Å². The number of nitrogens with one attached hydrogen (secondary N) is 1. The average molecular weight is 307 g/mol. The van der Waals surface area contributed by atoms with E-state index in [1.54, 1.807) is 19.2 Å². The molecule has 0 saturated carbocycles. The van der Waals surface area contributed by atoms with Gasteiger partial charge in [-0.25, -0.2) is 0 Å². The molecule has 0 fully saturated rings. The van der Waals surface area contributed by atoms with Crippen LogP contribution in [-0.2, 0) is 0 Å². The van der Waals surface area contributed by atoms with Crippen molar-refractivity contribution in [3.8, 4) is 5.75 Å². The number of ether oxygens (including phenoxy) is 1. The number of rotatable bonds is 3. The molecule has 1 amide bonds. The number of para-hydroxylation sites is 1. The number of furan rings is 2. The summed E-state index contributed by atoms with van der Waals surface area (Å²) in [6, 6.07) is 13.0. The first-order valence-electron chi connectivity index (χ1n) is 7.09. The van der Waals surface area contributed by atoms with E-state index in [1.165, 1.54) is 12.5 Å². The quantitative estimate of drug-likeness (QED) is 0.607. The summed E-state index contributed by atoms with van der Waals surface area (Å²) < 4.78 is 16.2. The molecule has 4 rings (SSSR count). The number of fused-ring (bicyclic) bond motifs is 3. The predicted octanol–water partition coefficient (Wildman–Crippen LogP) is 4.44. The molecule has 0 atom stereocenters. The molecule has 0 radical (unpaired) electrons. The highest BCUT2D eigenvalue weighted by molar-refractivity contribution is 6.09. The second kappa shape index (κ2) is 5.21. The lowest BCUT2D eigenvalue weighted by molar-refractivity contribution is 0.102. The highest BCUT2D eigenvalue weighted by atomic mass is 16.5. The van der Waals surface area contributed by atoms with Gasteiger partial charge in [0.05, 0.1) is 24.6 Å². The molecule has 0 saturated heterocycles. The molecular weight excluding hydrogens is 294 g/mol. The van der Waals surface area contributed by atoms with E-state index in [0.717, 1.165) is 16.4 Å². The fourth-order valence-corrected chi connectivity index (χ4v) is 2.61. The van der Waals surface area contributed by atoms with Gasteiger partial charge < -0.3 is 18.9 Å². The molecule has 0 aliphatic heterocycles. The maximum atomic E-state index is 12.2. The van der Waals surface area contributed by atoms with Crippen LogP contribution in [0.1, 0.15) is 10.4 Å². The Morgan fingerprint density at radius 3 is 2.74 bits per heavy atom. The third kappa shape index (κ3) is 2.23. The van der Waals surface area contributed by atoms with Crippen LogP contribution in [0.3, 0.4) is 0 Å². The first-order valence-corrected chi connectivity index (χ1v) is 7.09. The second-order valence-electron chi connectivity index (χ2n) is 5.11. The molecule has 23 heavy (non-hydrogen) atoms. The zero-order valence-corrected chi connectivity index (χ0v) is 12.3. The molecule has 2 heterocycles. The van der Waals surface area contributed by atoms with Gasteiger partial charge in [-0.2, -0.15) is 0 Å². The fraction of sp³-hybridized carbons (Fsp3) is 0.0556. The summed E-state index contributed by atoms with van der Waals surface area (Å²) in [5.74, 6) is 0.299. The Morgan fingerprint density at radius 2 is 1.96 bits per heavy atom. The topological polar surface area (TPSA) is 64.6 Å². The van der Waals surface area contributed by atoms with Crippen molar-refractivity contribution in [2.75, 3.05) is 12.4 Å². The van der Waals surface area contributed by atoms with E-state index in [1.807, 2.05) is 30.3 Å². The zero-order valence-electron chi connectivity index (χ0n) is 12.3. The number of amides is 1. The van der Waals surface area contributed by atoms with E-state index in [-0.39, 0.29) is 5.91 Å². The van der Waals surface area contributed by atoms with Crippen molar-refractivity contribution in [3.63, 3.8) is 0 Å². The van der Waals surface area contributed by atoms with Crippen LogP contribution in [0.2, 0.25) is 0 Å². The van der Waals surface area contributed by atoms with Gasteiger partial charge in [-0.05, 0) is 18.2 Å². The molecule has 5 heteroatoms. The van der Waals surface area contributed by atoms with Crippen LogP contribution in [0.4, 0.5) is 5.69 Å². The maximum absolute atomic E-state index is 12.2. The van der Waals surface area contributed by atoms with Crippen molar-refractivity contribution in [3.05, 3.63) is 60.6 Å². The van der Waals surface area contributed by atoms with E-state index in [4.69, 9.17) is 13.6 Å². The molecule has 0 bridgehead atoms. The zero-order chi connectivity index (χ0) is 15.8. The van der Waals surface area contributed by atoms with Crippen molar-refractivity contribution in [2.24, 2.45) is 0 Å². The summed E-state index contributed by atoms with van der Waals surface area (Å²) in [7, 11) is 1.57. The average Bonchev–Trinajstić information content (AvgIpc) is 3.21. The third-order valence-electron chi connectivity index (χ3n) is 3.73. The number of anilines is 1. The Kier molecular flexibility index (Phi) is 3.05. The van der Waals surface area contributed by atoms with Gasteiger partial charge in [0, 0.05) is 16.8 Å². The van der Waals surface area contributed by atoms with Gasteiger partial charge >= 0.3 is 0 Å². The molecule has 0 spiro atoms. The fourth-order valence-electron chi connectivity index (χ4n) is 2.61. The molecule has 1 N–H and O–H groups in total. The van der Waals surface area contributed by atoms with E-state index in [9.17, 15) is 4.79 Å². The van der Waals surface area contributed by atoms with Crippen molar-refractivity contribution >= 4 is 33.5 Å². The molecule has 2 aromatic heterocycles. The van der Waals surface area contributed by atoms with Gasteiger partial charge in [-0.1, -0.05) is 18.2 Å². The lowest BCUT2D eigenvalue weighted by Crippen LogP contribution is -2.11. The lowest BCUT2D eigenvalue weighted by Gasteiger charge is -2.09. The van der Waals surface area contributed by atoms with Crippen LogP contribution in [0.25, 0.3) is 21.9 Å². The minimum Gasteiger partial charge on any atom is -0.495 e. The van der Waals surface area contributed by atoms with Crippen LogP contribution >= 0.6 is 0 Å². The van der Waals surface area contributed by atoms with Crippen molar-refractivity contribution < 1.29 is 18.4 Å². The normalized spacial score (nSPS) is 11.0. The molecule has 0 aliphatic rings. The minimum absolute atomic E-state index is 0.271. The van der Waals surface area contributed by atoms with Gasteiger partial charge in [-0.15, -0.1) is 0 Å². The standard InChI is InChI=1S/C18H13NO4/c1-21-17-8-13-12-4-2-3-5-15(12)23-16(13)9-14(17)19-18(20)11-6-7-22-10-11/h2-10H,1H3,(H,19,20). The number of hydrogen-bond acceptors (Lipinski definition) is 4.